The van der Waals surface area contributed by atoms with Crippen LogP contribution in [0.5, 0.6) is 0 Å². The average molecular weight is 457 g/mol. The zero-order chi connectivity index (χ0) is 23.5. The molecule has 5 nitrogen and oxygen atoms in total. The third-order valence-electron chi connectivity index (χ3n) is 7.13. The van der Waals surface area contributed by atoms with E-state index in [1.165, 1.54) is 25.7 Å². The second-order valence-electron chi connectivity index (χ2n) is 9.72. The Hall–Kier alpha value is -3.34. The molecule has 5 heteroatoms. The molecule has 0 unspecified atom stereocenters. The van der Waals surface area contributed by atoms with E-state index >= 15 is 0 Å². The first kappa shape index (κ1) is 22.5. The molecule has 34 heavy (non-hydrogen) atoms. The second kappa shape index (κ2) is 9.88. The zero-order valence-electron chi connectivity index (χ0n) is 19.8. The summed E-state index contributed by atoms with van der Waals surface area (Å²) in [7, 11) is 0. The van der Waals surface area contributed by atoms with Crippen LogP contribution in [-0.2, 0) is 17.8 Å². The van der Waals surface area contributed by atoms with E-state index < -0.39 is 0 Å². The summed E-state index contributed by atoms with van der Waals surface area (Å²) in [4.78, 5) is 27.1. The number of furan rings is 1. The molecule has 1 aliphatic heterocycles. The molecule has 1 fully saturated rings. The third-order valence-corrected chi connectivity index (χ3v) is 7.13. The van der Waals surface area contributed by atoms with Crippen molar-refractivity contribution >= 4 is 17.5 Å². The zero-order valence-corrected chi connectivity index (χ0v) is 19.8. The van der Waals surface area contributed by atoms with Crippen molar-refractivity contribution in [1.29, 1.82) is 0 Å². The third kappa shape index (κ3) is 5.09. The highest BCUT2D eigenvalue weighted by atomic mass is 16.3. The minimum Gasteiger partial charge on any atom is -0.461 e. The molecule has 0 saturated heterocycles. The van der Waals surface area contributed by atoms with Gasteiger partial charge < -0.3 is 14.6 Å². The Kier molecular flexibility index (Phi) is 6.52. The molecule has 1 aromatic heterocycles. The first-order valence-corrected chi connectivity index (χ1v) is 12.4. The fourth-order valence-electron chi connectivity index (χ4n) is 5.18. The lowest BCUT2D eigenvalue weighted by molar-refractivity contribution is -0.116. The fourth-order valence-corrected chi connectivity index (χ4v) is 5.18. The molecule has 1 aliphatic carbocycles. The van der Waals surface area contributed by atoms with Gasteiger partial charge in [-0.05, 0) is 61.7 Å². The smallest absolute Gasteiger partial charge is 0.254 e. The predicted molar refractivity (Wildman–Crippen MR) is 134 cm³/mol. The number of benzene rings is 2. The molecule has 0 spiro atoms. The van der Waals surface area contributed by atoms with Crippen LogP contribution in [0.25, 0.3) is 11.3 Å². The van der Waals surface area contributed by atoms with E-state index in [4.69, 9.17) is 4.42 Å². The number of hydrogen-bond acceptors (Lipinski definition) is 3. The lowest BCUT2D eigenvalue weighted by Crippen LogP contribution is -2.35. The van der Waals surface area contributed by atoms with Crippen molar-refractivity contribution in [3.05, 3.63) is 77.0 Å². The van der Waals surface area contributed by atoms with Gasteiger partial charge in [0, 0.05) is 48.3 Å². The van der Waals surface area contributed by atoms with Gasteiger partial charge in [0.25, 0.3) is 5.91 Å². The molecule has 2 heterocycles. The van der Waals surface area contributed by atoms with Gasteiger partial charge in [0.1, 0.15) is 11.5 Å². The van der Waals surface area contributed by atoms with Crippen LogP contribution in [0.15, 0.2) is 59.0 Å². The summed E-state index contributed by atoms with van der Waals surface area (Å²) >= 11 is 0. The average Bonchev–Trinajstić information content (AvgIpc) is 3.52. The van der Waals surface area contributed by atoms with Crippen LogP contribution >= 0.6 is 0 Å². The molecule has 2 aromatic carbocycles. The van der Waals surface area contributed by atoms with Crippen molar-refractivity contribution < 1.29 is 14.0 Å². The minimum absolute atomic E-state index is 0.0603. The number of nitrogens with one attached hydrogen (secondary N) is 1. The Morgan fingerprint density at radius 2 is 1.85 bits per heavy atom. The molecule has 0 bridgehead atoms. The fraction of sp³-hybridized carbons (Fsp3) is 0.379. The van der Waals surface area contributed by atoms with Gasteiger partial charge >= 0.3 is 0 Å². The Bertz CT molecular complexity index is 1170. The van der Waals surface area contributed by atoms with E-state index in [1.807, 2.05) is 66.4 Å². The first-order valence-electron chi connectivity index (χ1n) is 12.4. The van der Waals surface area contributed by atoms with Crippen molar-refractivity contribution in [2.75, 3.05) is 11.9 Å². The molecule has 0 atom stereocenters. The molecule has 3 aromatic rings. The summed E-state index contributed by atoms with van der Waals surface area (Å²) in [5.74, 6) is 2.62. The summed E-state index contributed by atoms with van der Waals surface area (Å²) in [6, 6.07) is 17.6. The predicted octanol–water partition coefficient (Wildman–Crippen LogP) is 6.36. The summed E-state index contributed by atoms with van der Waals surface area (Å²) in [5, 5.41) is 3.02. The van der Waals surface area contributed by atoms with Crippen LogP contribution in [0.3, 0.4) is 0 Å². The lowest BCUT2D eigenvalue weighted by Gasteiger charge is -2.26. The van der Waals surface area contributed by atoms with Crippen molar-refractivity contribution in [3.63, 3.8) is 0 Å². The van der Waals surface area contributed by atoms with Crippen LogP contribution in [0, 0.1) is 12.8 Å². The number of fused-ring (bicyclic) bond motifs is 1. The number of aryl methyl sites for hydroxylation is 1. The van der Waals surface area contributed by atoms with Crippen molar-refractivity contribution in [1.82, 2.24) is 4.90 Å². The van der Waals surface area contributed by atoms with Crippen molar-refractivity contribution in [3.8, 4) is 11.3 Å². The van der Waals surface area contributed by atoms with Crippen molar-refractivity contribution in [2.24, 2.45) is 5.92 Å². The normalized spacial score (nSPS) is 15.9. The molecular formula is C29H32N2O3. The lowest BCUT2D eigenvalue weighted by atomic mass is 10.0. The van der Waals surface area contributed by atoms with Gasteiger partial charge in [0.2, 0.25) is 5.91 Å². The summed E-state index contributed by atoms with van der Waals surface area (Å²) in [6.45, 7) is 3.21. The Morgan fingerprint density at radius 1 is 1.06 bits per heavy atom. The summed E-state index contributed by atoms with van der Waals surface area (Å²) in [6.07, 6.45) is 7.46. The molecule has 0 radical (unpaired) electrons. The SMILES string of the molecule is Cc1cccc(C(=O)N2CCc3oc(-c4ccc(NC(=O)CCC5CCCC5)cc4)cc3C2)c1. The molecule has 5 rings (SSSR count). The highest BCUT2D eigenvalue weighted by Gasteiger charge is 2.25. The highest BCUT2D eigenvalue weighted by Crippen LogP contribution is 2.31. The number of nitrogens with zero attached hydrogens (tertiary/aromatic N) is 1. The Balaban J connectivity index is 1.20. The highest BCUT2D eigenvalue weighted by molar-refractivity contribution is 5.94. The number of carbonyl (C=O) groups is 2. The Morgan fingerprint density at radius 3 is 2.62 bits per heavy atom. The topological polar surface area (TPSA) is 62.6 Å². The molecule has 1 saturated carbocycles. The standard InChI is InChI=1S/C29H32N2O3/c1-20-5-4-8-23(17-20)29(33)31-16-15-26-24(19-31)18-27(34-26)22-10-12-25(13-11-22)30-28(32)14-9-21-6-2-3-7-21/h4-5,8,10-13,17-18,21H,2-3,6-7,9,14-16,19H2,1H3,(H,30,32). The van der Waals surface area contributed by atoms with Gasteiger partial charge in [0.15, 0.2) is 0 Å². The second-order valence-corrected chi connectivity index (χ2v) is 9.72. The van der Waals surface area contributed by atoms with E-state index in [9.17, 15) is 9.59 Å². The minimum atomic E-state index is 0.0603. The summed E-state index contributed by atoms with van der Waals surface area (Å²) < 4.78 is 6.14. The summed E-state index contributed by atoms with van der Waals surface area (Å²) in [5.41, 5.74) is 4.66. The van der Waals surface area contributed by atoms with Gasteiger partial charge in [-0.15, -0.1) is 0 Å². The van der Waals surface area contributed by atoms with E-state index in [0.29, 0.717) is 25.9 Å². The maximum absolute atomic E-state index is 12.9. The van der Waals surface area contributed by atoms with Gasteiger partial charge in [-0.1, -0.05) is 43.4 Å². The largest absolute Gasteiger partial charge is 0.461 e. The van der Waals surface area contributed by atoms with E-state index in [0.717, 1.165) is 51.8 Å². The number of rotatable bonds is 6. The Labute approximate surface area is 201 Å². The number of hydrogen-bond donors (Lipinski definition) is 1. The van der Waals surface area contributed by atoms with Gasteiger partial charge in [0.05, 0.1) is 0 Å². The molecule has 1 N–H and O–H groups in total. The van der Waals surface area contributed by atoms with Gasteiger partial charge in [-0.3, -0.25) is 9.59 Å². The van der Waals surface area contributed by atoms with Gasteiger partial charge in [-0.2, -0.15) is 0 Å². The van der Waals surface area contributed by atoms with Crippen LogP contribution in [0.4, 0.5) is 5.69 Å². The maximum atomic E-state index is 12.9. The quantitative estimate of drug-likeness (QED) is 0.469. The van der Waals surface area contributed by atoms with E-state index in [2.05, 4.69) is 5.32 Å². The van der Waals surface area contributed by atoms with Gasteiger partial charge in [-0.25, -0.2) is 0 Å². The van der Waals surface area contributed by atoms with Crippen LogP contribution in [0.1, 0.15) is 65.8 Å². The molecule has 2 aliphatic rings. The van der Waals surface area contributed by atoms with E-state index in [1.54, 1.807) is 0 Å². The van der Waals surface area contributed by atoms with Crippen molar-refractivity contribution in [2.45, 2.75) is 58.4 Å². The number of amides is 2. The number of carbonyl (C=O) groups excluding carboxylic acids is 2. The maximum Gasteiger partial charge on any atom is 0.254 e. The van der Waals surface area contributed by atoms with Crippen LogP contribution < -0.4 is 5.32 Å². The van der Waals surface area contributed by atoms with E-state index in [-0.39, 0.29) is 11.8 Å². The first-order chi connectivity index (χ1) is 16.5. The molecule has 2 amide bonds. The van der Waals surface area contributed by atoms with Crippen LogP contribution in [0.2, 0.25) is 0 Å². The number of anilines is 1. The molecule has 176 valence electrons. The molecular weight excluding hydrogens is 424 g/mol. The van der Waals surface area contributed by atoms with Crippen LogP contribution in [-0.4, -0.2) is 23.3 Å². The monoisotopic (exact) mass is 456 g/mol.